The van der Waals surface area contributed by atoms with E-state index in [-0.39, 0.29) is 11.9 Å². The Morgan fingerprint density at radius 1 is 1.47 bits per heavy atom. The van der Waals surface area contributed by atoms with Gasteiger partial charge in [-0.1, -0.05) is 0 Å². The number of nitrogens with one attached hydrogen (secondary N) is 1. The van der Waals surface area contributed by atoms with E-state index in [0.717, 1.165) is 5.56 Å². The van der Waals surface area contributed by atoms with Gasteiger partial charge in [0.1, 0.15) is 0 Å². The van der Waals surface area contributed by atoms with Gasteiger partial charge in [-0.25, -0.2) is 4.79 Å². The highest BCUT2D eigenvalue weighted by atomic mass is 16.4. The molecule has 1 saturated heterocycles. The number of amides is 2. The second-order valence-electron chi connectivity index (χ2n) is 4.78. The van der Waals surface area contributed by atoms with E-state index < -0.39 is 5.97 Å². The van der Waals surface area contributed by atoms with Crippen molar-refractivity contribution in [3.63, 3.8) is 0 Å². The van der Waals surface area contributed by atoms with Crippen LogP contribution in [0.25, 0.3) is 0 Å². The molecule has 0 saturated carbocycles. The molecule has 2 heterocycles. The largest absolute Gasteiger partial charge is 0.481 e. The molecule has 0 radical (unpaired) electrons. The zero-order valence-electron chi connectivity index (χ0n) is 10.9. The first-order chi connectivity index (χ1) is 9.06. The zero-order chi connectivity index (χ0) is 13.8. The molecule has 1 aliphatic rings. The van der Waals surface area contributed by atoms with E-state index in [1.54, 1.807) is 15.8 Å². The van der Waals surface area contributed by atoms with Gasteiger partial charge in [0.15, 0.2) is 0 Å². The predicted molar refractivity (Wildman–Crippen MR) is 67.4 cm³/mol. The van der Waals surface area contributed by atoms with Crippen molar-refractivity contribution in [1.82, 2.24) is 20.0 Å². The second-order valence-corrected chi connectivity index (χ2v) is 4.78. The van der Waals surface area contributed by atoms with Crippen molar-refractivity contribution >= 4 is 12.0 Å². The van der Waals surface area contributed by atoms with E-state index in [1.165, 1.54) is 0 Å². The third-order valence-corrected chi connectivity index (χ3v) is 3.33. The average Bonchev–Trinajstić information content (AvgIpc) is 2.82. The molecule has 104 valence electrons. The number of aryl methyl sites for hydroxylation is 1. The Labute approximate surface area is 111 Å². The molecule has 0 bridgehead atoms. The van der Waals surface area contributed by atoms with Crippen LogP contribution in [0.3, 0.4) is 0 Å². The standard InChI is InChI=1S/C12H18N4O3/c1-15-8-9(7-14-15)6-13-12(19)16-4-2-10(3-5-16)11(17)18/h7-8,10H,2-6H2,1H3,(H,13,19)(H,17,18). The minimum Gasteiger partial charge on any atom is -0.481 e. The molecule has 1 fully saturated rings. The zero-order valence-corrected chi connectivity index (χ0v) is 10.9. The summed E-state index contributed by atoms with van der Waals surface area (Å²) in [4.78, 5) is 24.4. The predicted octanol–water partition coefficient (Wildman–Crippen LogP) is 0.426. The van der Waals surface area contributed by atoms with Crippen molar-refractivity contribution in [2.24, 2.45) is 13.0 Å². The molecule has 0 aromatic carbocycles. The Morgan fingerprint density at radius 3 is 2.68 bits per heavy atom. The summed E-state index contributed by atoms with van der Waals surface area (Å²) < 4.78 is 1.68. The van der Waals surface area contributed by atoms with Crippen molar-refractivity contribution in [3.8, 4) is 0 Å². The minimum absolute atomic E-state index is 0.146. The van der Waals surface area contributed by atoms with Gasteiger partial charge in [-0.3, -0.25) is 9.48 Å². The van der Waals surface area contributed by atoms with Gasteiger partial charge in [0.2, 0.25) is 0 Å². The lowest BCUT2D eigenvalue weighted by atomic mass is 9.97. The molecule has 7 nitrogen and oxygen atoms in total. The quantitative estimate of drug-likeness (QED) is 0.830. The molecule has 1 aliphatic heterocycles. The Balaban J connectivity index is 1.77. The summed E-state index contributed by atoms with van der Waals surface area (Å²) in [6.07, 6.45) is 4.60. The number of hydrogen-bond acceptors (Lipinski definition) is 3. The molecule has 2 N–H and O–H groups in total. The molecule has 19 heavy (non-hydrogen) atoms. The molecule has 0 atom stereocenters. The van der Waals surface area contributed by atoms with E-state index in [1.807, 2.05) is 13.2 Å². The van der Waals surface area contributed by atoms with Crippen LogP contribution in [-0.4, -0.2) is 44.9 Å². The number of rotatable bonds is 3. The van der Waals surface area contributed by atoms with E-state index >= 15 is 0 Å². The van der Waals surface area contributed by atoms with E-state index in [0.29, 0.717) is 32.5 Å². The lowest BCUT2D eigenvalue weighted by Gasteiger charge is -2.30. The molecule has 2 amide bonds. The number of carbonyl (C=O) groups excluding carboxylic acids is 1. The second kappa shape index (κ2) is 5.73. The number of aliphatic carboxylic acids is 1. The maximum Gasteiger partial charge on any atom is 0.317 e. The van der Waals surface area contributed by atoms with Gasteiger partial charge in [0.05, 0.1) is 12.1 Å². The first-order valence-electron chi connectivity index (χ1n) is 6.29. The fourth-order valence-electron chi connectivity index (χ4n) is 2.18. The number of urea groups is 1. The third-order valence-electron chi connectivity index (χ3n) is 3.33. The van der Waals surface area contributed by atoms with Crippen molar-refractivity contribution in [1.29, 1.82) is 0 Å². The number of carbonyl (C=O) groups is 2. The Bertz CT molecular complexity index is 463. The highest BCUT2D eigenvalue weighted by Crippen LogP contribution is 2.17. The molecule has 1 aromatic heterocycles. The number of piperidine rings is 1. The molecule has 1 aromatic rings. The molecule has 7 heteroatoms. The van der Waals surface area contributed by atoms with Gasteiger partial charge in [-0.15, -0.1) is 0 Å². The van der Waals surface area contributed by atoms with Gasteiger partial charge in [-0.05, 0) is 12.8 Å². The Morgan fingerprint density at radius 2 is 2.16 bits per heavy atom. The summed E-state index contributed by atoms with van der Waals surface area (Å²) in [7, 11) is 1.82. The average molecular weight is 266 g/mol. The Hall–Kier alpha value is -2.05. The van der Waals surface area contributed by atoms with Crippen LogP contribution in [0.2, 0.25) is 0 Å². The SMILES string of the molecule is Cn1cc(CNC(=O)N2CCC(C(=O)O)CC2)cn1. The van der Waals surface area contributed by atoms with Crippen molar-refractivity contribution in [3.05, 3.63) is 18.0 Å². The van der Waals surface area contributed by atoms with Gasteiger partial charge < -0.3 is 15.3 Å². The minimum atomic E-state index is -0.768. The van der Waals surface area contributed by atoms with Crippen molar-refractivity contribution in [2.75, 3.05) is 13.1 Å². The molecule has 0 unspecified atom stereocenters. The van der Waals surface area contributed by atoms with Crippen LogP contribution >= 0.6 is 0 Å². The lowest BCUT2D eigenvalue weighted by Crippen LogP contribution is -2.45. The summed E-state index contributed by atoms with van der Waals surface area (Å²) in [5.74, 6) is -1.09. The van der Waals surface area contributed by atoms with Crippen LogP contribution < -0.4 is 5.32 Å². The summed E-state index contributed by atoms with van der Waals surface area (Å²) in [6.45, 7) is 1.43. The molecule has 0 aliphatic carbocycles. The number of likely N-dealkylation sites (tertiary alicyclic amines) is 1. The number of nitrogens with zero attached hydrogens (tertiary/aromatic N) is 3. The van der Waals surface area contributed by atoms with Gasteiger partial charge in [-0.2, -0.15) is 5.10 Å². The smallest absolute Gasteiger partial charge is 0.317 e. The third kappa shape index (κ3) is 3.46. The topological polar surface area (TPSA) is 87.5 Å². The van der Waals surface area contributed by atoms with Crippen LogP contribution in [0.4, 0.5) is 4.79 Å². The number of carboxylic acid groups (broad SMARTS) is 1. The van der Waals surface area contributed by atoms with Gasteiger partial charge in [0.25, 0.3) is 0 Å². The monoisotopic (exact) mass is 266 g/mol. The number of aromatic nitrogens is 2. The fraction of sp³-hybridized carbons (Fsp3) is 0.583. The normalized spacial score (nSPS) is 16.4. The summed E-state index contributed by atoms with van der Waals surface area (Å²) in [6, 6.07) is -0.146. The summed E-state index contributed by atoms with van der Waals surface area (Å²) in [5, 5.41) is 15.7. The van der Waals surface area contributed by atoms with Gasteiger partial charge in [0, 0.05) is 38.4 Å². The van der Waals surface area contributed by atoms with Crippen LogP contribution in [0.1, 0.15) is 18.4 Å². The maximum absolute atomic E-state index is 11.9. The molecular weight excluding hydrogens is 248 g/mol. The molecular formula is C12H18N4O3. The highest BCUT2D eigenvalue weighted by Gasteiger charge is 2.26. The van der Waals surface area contributed by atoms with Gasteiger partial charge >= 0.3 is 12.0 Å². The summed E-state index contributed by atoms with van der Waals surface area (Å²) >= 11 is 0. The van der Waals surface area contributed by atoms with Crippen molar-refractivity contribution in [2.45, 2.75) is 19.4 Å². The first kappa shape index (κ1) is 13.4. The fourth-order valence-corrected chi connectivity index (χ4v) is 2.18. The molecule has 0 spiro atoms. The lowest BCUT2D eigenvalue weighted by molar-refractivity contribution is -0.143. The van der Waals surface area contributed by atoms with Crippen LogP contribution in [0.5, 0.6) is 0 Å². The van der Waals surface area contributed by atoms with Crippen LogP contribution in [0.15, 0.2) is 12.4 Å². The van der Waals surface area contributed by atoms with E-state index in [9.17, 15) is 9.59 Å². The van der Waals surface area contributed by atoms with Crippen molar-refractivity contribution < 1.29 is 14.7 Å². The van der Waals surface area contributed by atoms with E-state index in [4.69, 9.17) is 5.11 Å². The number of carboxylic acids is 1. The van der Waals surface area contributed by atoms with Crippen LogP contribution in [0, 0.1) is 5.92 Å². The van der Waals surface area contributed by atoms with E-state index in [2.05, 4.69) is 10.4 Å². The number of hydrogen-bond donors (Lipinski definition) is 2. The Kier molecular flexibility index (Phi) is 4.03. The first-order valence-corrected chi connectivity index (χ1v) is 6.29. The molecule has 2 rings (SSSR count). The van der Waals surface area contributed by atoms with Crippen LogP contribution in [-0.2, 0) is 18.4 Å². The highest BCUT2D eigenvalue weighted by molar-refractivity contribution is 5.75. The maximum atomic E-state index is 11.9. The summed E-state index contributed by atoms with van der Waals surface area (Å²) in [5.41, 5.74) is 0.941.